The second-order valence-corrected chi connectivity index (χ2v) is 5.78. The summed E-state index contributed by atoms with van der Waals surface area (Å²) in [6, 6.07) is 1.41. The topological polar surface area (TPSA) is 24.5 Å². The maximum Gasteiger partial charge on any atom is 0.0700 e. The number of likely N-dealkylation sites (N-methyl/N-ethyl adjacent to an activating group) is 1. The third-order valence-electron chi connectivity index (χ3n) is 4.54. The molecule has 1 saturated carbocycles. The standard InChI is InChI=1S/C14H28N2O/c1-4-12-10-16(7-8-17-12)14-9-11(2)5-6-13(14)15-3/h11-15H,4-10H2,1-3H3. The minimum Gasteiger partial charge on any atom is -0.376 e. The molecule has 3 heteroatoms. The second kappa shape index (κ2) is 6.17. The van der Waals surface area contributed by atoms with Gasteiger partial charge in [-0.2, -0.15) is 0 Å². The Labute approximate surface area is 106 Å². The van der Waals surface area contributed by atoms with E-state index >= 15 is 0 Å². The van der Waals surface area contributed by atoms with Gasteiger partial charge in [-0.25, -0.2) is 0 Å². The molecule has 1 saturated heterocycles. The van der Waals surface area contributed by atoms with E-state index in [9.17, 15) is 0 Å². The Morgan fingerprint density at radius 3 is 2.88 bits per heavy atom. The van der Waals surface area contributed by atoms with Gasteiger partial charge in [0.25, 0.3) is 0 Å². The van der Waals surface area contributed by atoms with E-state index < -0.39 is 0 Å². The molecule has 2 fully saturated rings. The summed E-state index contributed by atoms with van der Waals surface area (Å²) in [5, 5.41) is 3.52. The molecule has 1 N–H and O–H groups in total. The molecular weight excluding hydrogens is 212 g/mol. The van der Waals surface area contributed by atoms with Crippen LogP contribution in [0.1, 0.15) is 39.5 Å². The van der Waals surface area contributed by atoms with Crippen molar-refractivity contribution in [3.05, 3.63) is 0 Å². The number of nitrogens with zero attached hydrogens (tertiary/aromatic N) is 1. The van der Waals surface area contributed by atoms with Crippen molar-refractivity contribution >= 4 is 0 Å². The summed E-state index contributed by atoms with van der Waals surface area (Å²) in [7, 11) is 2.12. The summed E-state index contributed by atoms with van der Waals surface area (Å²) in [4.78, 5) is 2.68. The summed E-state index contributed by atoms with van der Waals surface area (Å²) in [5.41, 5.74) is 0. The van der Waals surface area contributed by atoms with E-state index in [0.29, 0.717) is 12.1 Å². The minimum absolute atomic E-state index is 0.457. The van der Waals surface area contributed by atoms with Crippen molar-refractivity contribution in [3.63, 3.8) is 0 Å². The third-order valence-corrected chi connectivity index (χ3v) is 4.54. The number of hydrogen-bond donors (Lipinski definition) is 1. The van der Waals surface area contributed by atoms with Gasteiger partial charge in [0.15, 0.2) is 0 Å². The highest BCUT2D eigenvalue weighted by molar-refractivity contribution is 4.91. The lowest BCUT2D eigenvalue weighted by molar-refractivity contribution is -0.0569. The fraction of sp³-hybridized carbons (Fsp3) is 1.00. The molecule has 4 unspecified atom stereocenters. The average molecular weight is 240 g/mol. The van der Waals surface area contributed by atoms with Crippen molar-refractivity contribution in [2.24, 2.45) is 5.92 Å². The van der Waals surface area contributed by atoms with Crippen molar-refractivity contribution in [2.45, 2.75) is 57.7 Å². The number of hydrogen-bond acceptors (Lipinski definition) is 3. The van der Waals surface area contributed by atoms with Crippen LogP contribution in [-0.4, -0.2) is 49.8 Å². The van der Waals surface area contributed by atoms with Crippen LogP contribution >= 0.6 is 0 Å². The van der Waals surface area contributed by atoms with E-state index in [1.54, 1.807) is 0 Å². The zero-order chi connectivity index (χ0) is 12.3. The molecule has 0 aromatic rings. The molecule has 0 spiro atoms. The van der Waals surface area contributed by atoms with Crippen molar-refractivity contribution in [3.8, 4) is 0 Å². The zero-order valence-corrected chi connectivity index (χ0v) is 11.6. The fourth-order valence-electron chi connectivity index (χ4n) is 3.38. The SMILES string of the molecule is CCC1CN(C2CC(C)CCC2NC)CCO1. The average Bonchev–Trinajstić information content (AvgIpc) is 2.39. The first-order valence-electron chi connectivity index (χ1n) is 7.27. The molecular formula is C14H28N2O. The number of ether oxygens (including phenoxy) is 1. The summed E-state index contributed by atoms with van der Waals surface area (Å²) >= 11 is 0. The van der Waals surface area contributed by atoms with Gasteiger partial charge >= 0.3 is 0 Å². The van der Waals surface area contributed by atoms with E-state index in [2.05, 4.69) is 31.1 Å². The van der Waals surface area contributed by atoms with E-state index in [-0.39, 0.29) is 0 Å². The van der Waals surface area contributed by atoms with Crippen LogP contribution in [0.4, 0.5) is 0 Å². The lowest BCUT2D eigenvalue weighted by Crippen LogP contribution is -2.56. The molecule has 100 valence electrons. The van der Waals surface area contributed by atoms with Gasteiger partial charge in [-0.1, -0.05) is 13.8 Å². The molecule has 0 aromatic carbocycles. The van der Waals surface area contributed by atoms with Crippen LogP contribution in [0.25, 0.3) is 0 Å². The van der Waals surface area contributed by atoms with Crippen molar-refractivity contribution in [1.82, 2.24) is 10.2 Å². The fourth-order valence-corrected chi connectivity index (χ4v) is 3.38. The molecule has 0 amide bonds. The summed E-state index contributed by atoms with van der Waals surface area (Å²) < 4.78 is 5.78. The highest BCUT2D eigenvalue weighted by atomic mass is 16.5. The number of nitrogens with one attached hydrogen (secondary N) is 1. The van der Waals surface area contributed by atoms with Gasteiger partial charge in [0.2, 0.25) is 0 Å². The normalized spacial score (nSPS) is 40.4. The van der Waals surface area contributed by atoms with Crippen molar-refractivity contribution in [2.75, 3.05) is 26.7 Å². The smallest absolute Gasteiger partial charge is 0.0700 e. The van der Waals surface area contributed by atoms with E-state index in [1.807, 2.05) is 0 Å². The van der Waals surface area contributed by atoms with Gasteiger partial charge in [0.05, 0.1) is 12.7 Å². The van der Waals surface area contributed by atoms with Gasteiger partial charge in [-0.15, -0.1) is 0 Å². The van der Waals surface area contributed by atoms with Crippen LogP contribution in [0.2, 0.25) is 0 Å². The number of morpholine rings is 1. The summed E-state index contributed by atoms with van der Waals surface area (Å²) in [5.74, 6) is 0.882. The first kappa shape index (κ1) is 13.3. The lowest BCUT2D eigenvalue weighted by Gasteiger charge is -2.45. The Hall–Kier alpha value is -0.120. The quantitative estimate of drug-likeness (QED) is 0.815. The maximum absolute atomic E-state index is 5.78. The van der Waals surface area contributed by atoms with Crippen LogP contribution in [0.3, 0.4) is 0 Å². The monoisotopic (exact) mass is 240 g/mol. The van der Waals surface area contributed by atoms with Crippen LogP contribution in [0.5, 0.6) is 0 Å². The molecule has 3 nitrogen and oxygen atoms in total. The number of rotatable bonds is 3. The second-order valence-electron chi connectivity index (χ2n) is 5.78. The van der Waals surface area contributed by atoms with E-state index in [1.165, 1.54) is 19.3 Å². The predicted molar refractivity (Wildman–Crippen MR) is 71.3 cm³/mol. The molecule has 0 radical (unpaired) electrons. The molecule has 1 aliphatic heterocycles. The van der Waals surface area contributed by atoms with E-state index in [4.69, 9.17) is 4.74 Å². The zero-order valence-electron chi connectivity index (χ0n) is 11.6. The van der Waals surface area contributed by atoms with Gasteiger partial charge in [0, 0.05) is 25.2 Å². The molecule has 1 aliphatic carbocycles. The molecule has 2 rings (SSSR count). The summed E-state index contributed by atoms with van der Waals surface area (Å²) in [6.07, 6.45) is 5.66. The van der Waals surface area contributed by atoms with Crippen molar-refractivity contribution < 1.29 is 4.74 Å². The molecule has 1 heterocycles. The van der Waals surface area contributed by atoms with Crippen LogP contribution in [0.15, 0.2) is 0 Å². The molecule has 4 atom stereocenters. The van der Waals surface area contributed by atoms with Crippen LogP contribution in [-0.2, 0) is 4.74 Å². The van der Waals surface area contributed by atoms with Crippen LogP contribution in [0, 0.1) is 5.92 Å². The minimum atomic E-state index is 0.457. The Bertz CT molecular complexity index is 234. The van der Waals surface area contributed by atoms with Gasteiger partial charge in [-0.3, -0.25) is 4.90 Å². The Morgan fingerprint density at radius 1 is 1.35 bits per heavy atom. The molecule has 17 heavy (non-hydrogen) atoms. The Morgan fingerprint density at radius 2 is 2.18 bits per heavy atom. The van der Waals surface area contributed by atoms with Crippen molar-refractivity contribution in [1.29, 1.82) is 0 Å². The predicted octanol–water partition coefficient (Wildman–Crippen LogP) is 1.87. The molecule has 0 bridgehead atoms. The first-order valence-corrected chi connectivity index (χ1v) is 7.27. The third kappa shape index (κ3) is 3.21. The molecule has 0 aromatic heterocycles. The highest BCUT2D eigenvalue weighted by Crippen LogP contribution is 2.29. The van der Waals surface area contributed by atoms with E-state index in [0.717, 1.165) is 38.1 Å². The van der Waals surface area contributed by atoms with Gasteiger partial charge in [0.1, 0.15) is 0 Å². The van der Waals surface area contributed by atoms with Gasteiger partial charge < -0.3 is 10.1 Å². The molecule has 2 aliphatic rings. The Balaban J connectivity index is 1.97. The lowest BCUT2D eigenvalue weighted by atomic mass is 9.82. The Kier molecular flexibility index (Phi) is 4.83. The largest absolute Gasteiger partial charge is 0.376 e. The van der Waals surface area contributed by atoms with Gasteiger partial charge in [-0.05, 0) is 38.6 Å². The highest BCUT2D eigenvalue weighted by Gasteiger charge is 2.34. The maximum atomic E-state index is 5.78. The summed E-state index contributed by atoms with van der Waals surface area (Å²) in [6.45, 7) is 7.79. The van der Waals surface area contributed by atoms with Crippen LogP contribution < -0.4 is 5.32 Å². The first-order chi connectivity index (χ1) is 8.24.